The number of amides is 1. The quantitative estimate of drug-likeness (QED) is 0.848. The Kier molecular flexibility index (Phi) is 4.55. The molecule has 1 saturated heterocycles. The molecule has 0 saturated carbocycles. The van der Waals surface area contributed by atoms with E-state index in [4.69, 9.17) is 14.2 Å². The number of likely N-dealkylation sites (N-methyl/N-ethyl adjacent to an activating group) is 1. The smallest absolute Gasteiger partial charge is 0.248 e. The van der Waals surface area contributed by atoms with Gasteiger partial charge in [0.15, 0.2) is 11.5 Å². The summed E-state index contributed by atoms with van der Waals surface area (Å²) >= 11 is 0. The first kappa shape index (κ1) is 16.9. The zero-order valence-corrected chi connectivity index (χ0v) is 15.1. The van der Waals surface area contributed by atoms with Gasteiger partial charge in [-0.15, -0.1) is 0 Å². The summed E-state index contributed by atoms with van der Waals surface area (Å²) in [6.45, 7) is 0.654. The summed E-state index contributed by atoms with van der Waals surface area (Å²) in [5.41, 5.74) is 3.70. The van der Waals surface area contributed by atoms with E-state index in [2.05, 4.69) is 24.3 Å². The topological polar surface area (TPSA) is 48.0 Å². The maximum atomic E-state index is 11.6. The van der Waals surface area contributed by atoms with Gasteiger partial charge in [-0.1, -0.05) is 30.3 Å². The van der Waals surface area contributed by atoms with Crippen LogP contribution in [-0.4, -0.2) is 44.2 Å². The van der Waals surface area contributed by atoms with Crippen LogP contribution in [0.2, 0.25) is 0 Å². The van der Waals surface area contributed by atoms with Gasteiger partial charge in [-0.25, -0.2) is 0 Å². The summed E-state index contributed by atoms with van der Waals surface area (Å²) < 4.78 is 17.5. The fourth-order valence-corrected chi connectivity index (χ4v) is 3.65. The molecule has 1 aliphatic carbocycles. The lowest BCUT2D eigenvalue weighted by molar-refractivity contribution is -0.147. The van der Waals surface area contributed by atoms with Gasteiger partial charge in [0.25, 0.3) is 0 Å². The van der Waals surface area contributed by atoms with E-state index in [0.717, 1.165) is 24.2 Å². The lowest BCUT2D eigenvalue weighted by atomic mass is 10.1. The van der Waals surface area contributed by atoms with Crippen molar-refractivity contribution >= 4 is 5.91 Å². The van der Waals surface area contributed by atoms with Crippen molar-refractivity contribution in [2.75, 3.05) is 27.3 Å². The minimum Gasteiger partial charge on any atom is -0.493 e. The Labute approximate surface area is 153 Å². The number of hydrogen-bond donors (Lipinski definition) is 0. The molecule has 5 heteroatoms. The van der Waals surface area contributed by atoms with Crippen molar-refractivity contribution in [2.45, 2.75) is 25.0 Å². The molecule has 0 aromatic heterocycles. The van der Waals surface area contributed by atoms with E-state index in [-0.39, 0.29) is 24.7 Å². The highest BCUT2D eigenvalue weighted by Crippen LogP contribution is 2.35. The molecule has 0 N–H and O–H groups in total. The highest BCUT2D eigenvalue weighted by Gasteiger charge is 2.27. The largest absolute Gasteiger partial charge is 0.493 e. The van der Waals surface area contributed by atoms with Gasteiger partial charge in [-0.3, -0.25) is 4.79 Å². The average molecular weight is 353 g/mol. The van der Waals surface area contributed by atoms with Gasteiger partial charge in [0, 0.05) is 19.9 Å². The Morgan fingerprint density at radius 2 is 1.81 bits per heavy atom. The van der Waals surface area contributed by atoms with Crippen molar-refractivity contribution in [3.63, 3.8) is 0 Å². The van der Waals surface area contributed by atoms with Crippen LogP contribution in [0.4, 0.5) is 0 Å². The van der Waals surface area contributed by atoms with Crippen molar-refractivity contribution in [3.05, 3.63) is 59.2 Å². The molecule has 0 bridgehead atoms. The van der Waals surface area contributed by atoms with Gasteiger partial charge >= 0.3 is 0 Å². The van der Waals surface area contributed by atoms with Crippen LogP contribution >= 0.6 is 0 Å². The zero-order valence-electron chi connectivity index (χ0n) is 15.1. The number of rotatable bonds is 4. The number of methoxy groups -OCH3 is 1. The lowest BCUT2D eigenvalue weighted by Crippen LogP contribution is -2.40. The monoisotopic (exact) mass is 353 g/mol. The minimum absolute atomic E-state index is 0.00922. The molecule has 136 valence electrons. The maximum Gasteiger partial charge on any atom is 0.248 e. The van der Waals surface area contributed by atoms with Crippen LogP contribution in [-0.2, 0) is 22.4 Å². The second-order valence-electron chi connectivity index (χ2n) is 6.90. The fourth-order valence-electron chi connectivity index (χ4n) is 3.65. The number of hydrogen-bond acceptors (Lipinski definition) is 4. The number of carbonyl (C=O) groups is 1. The van der Waals surface area contributed by atoms with Gasteiger partial charge in [-0.2, -0.15) is 0 Å². The van der Waals surface area contributed by atoms with E-state index in [0.29, 0.717) is 12.3 Å². The average Bonchev–Trinajstić information content (AvgIpc) is 3.06. The lowest BCUT2D eigenvalue weighted by Gasteiger charge is -2.30. The highest BCUT2D eigenvalue weighted by atomic mass is 16.5. The molecule has 4 rings (SSSR count). The minimum atomic E-state index is -0.147. The Balaban J connectivity index is 1.53. The fraction of sp³-hybridized carbons (Fsp3) is 0.381. The summed E-state index contributed by atoms with van der Waals surface area (Å²) in [5.74, 6) is 1.45. The molecular weight excluding hydrogens is 330 g/mol. The van der Waals surface area contributed by atoms with Crippen LogP contribution in [0.1, 0.15) is 22.8 Å². The number of fused-ring (bicyclic) bond motifs is 1. The zero-order chi connectivity index (χ0) is 18.1. The highest BCUT2D eigenvalue weighted by molar-refractivity contribution is 5.77. The van der Waals surface area contributed by atoms with Crippen molar-refractivity contribution in [1.82, 2.24) is 4.90 Å². The van der Waals surface area contributed by atoms with Crippen molar-refractivity contribution in [1.29, 1.82) is 0 Å². The van der Waals surface area contributed by atoms with Crippen molar-refractivity contribution < 1.29 is 19.0 Å². The molecule has 1 atom stereocenters. The molecular formula is C21H23NO4. The summed E-state index contributed by atoms with van der Waals surface area (Å²) in [4.78, 5) is 13.3. The number of ether oxygens (including phenoxy) is 3. The molecule has 0 radical (unpaired) electrons. The molecule has 1 unspecified atom stereocenters. The van der Waals surface area contributed by atoms with Crippen LogP contribution in [0.15, 0.2) is 42.5 Å². The Bertz CT molecular complexity index is 794. The molecule has 2 aromatic rings. The number of morpholine rings is 1. The third kappa shape index (κ3) is 3.27. The van der Waals surface area contributed by atoms with Crippen LogP contribution in [0, 0.1) is 0 Å². The first-order valence-corrected chi connectivity index (χ1v) is 8.91. The van der Waals surface area contributed by atoms with E-state index in [1.54, 1.807) is 19.1 Å². The van der Waals surface area contributed by atoms with Gasteiger partial charge < -0.3 is 19.1 Å². The van der Waals surface area contributed by atoms with Gasteiger partial charge in [-0.05, 0) is 28.8 Å². The SMILES string of the molecule is COc1ccc(C2CN(C)C(=O)CO2)cc1OC1Cc2ccccc2C1. The van der Waals surface area contributed by atoms with E-state index in [1.165, 1.54) is 11.1 Å². The summed E-state index contributed by atoms with van der Waals surface area (Å²) in [7, 11) is 3.45. The number of carbonyl (C=O) groups excluding carboxylic acids is 1. The van der Waals surface area contributed by atoms with E-state index >= 15 is 0 Å². The van der Waals surface area contributed by atoms with Crippen LogP contribution in [0.25, 0.3) is 0 Å². The van der Waals surface area contributed by atoms with Crippen molar-refractivity contribution in [3.8, 4) is 11.5 Å². The number of nitrogens with zero attached hydrogens (tertiary/aromatic N) is 1. The first-order valence-electron chi connectivity index (χ1n) is 8.91. The molecule has 1 heterocycles. The van der Waals surface area contributed by atoms with E-state index in [9.17, 15) is 4.79 Å². The third-order valence-electron chi connectivity index (χ3n) is 5.14. The predicted octanol–water partition coefficient (Wildman–Crippen LogP) is 2.77. The third-order valence-corrected chi connectivity index (χ3v) is 5.14. The van der Waals surface area contributed by atoms with Gasteiger partial charge in [0.05, 0.1) is 13.7 Å². The molecule has 0 spiro atoms. The van der Waals surface area contributed by atoms with E-state index in [1.807, 2.05) is 18.2 Å². The standard InChI is InChI=1S/C21H23NO4/c1-22-12-20(25-13-21(22)23)16-7-8-18(24-2)19(11-16)26-17-9-14-5-3-4-6-15(14)10-17/h3-8,11,17,20H,9-10,12-13H2,1-2H3. The van der Waals surface area contributed by atoms with Crippen LogP contribution < -0.4 is 9.47 Å². The molecule has 2 aliphatic rings. The maximum absolute atomic E-state index is 11.6. The van der Waals surface area contributed by atoms with Gasteiger partial charge in [0.2, 0.25) is 5.91 Å². The normalized spacial score (nSPS) is 20.2. The Morgan fingerprint density at radius 3 is 2.46 bits per heavy atom. The number of benzene rings is 2. The van der Waals surface area contributed by atoms with Crippen LogP contribution in [0.3, 0.4) is 0 Å². The summed E-state index contributed by atoms with van der Waals surface area (Å²) in [5, 5.41) is 0. The predicted molar refractivity (Wildman–Crippen MR) is 97.6 cm³/mol. The molecule has 1 amide bonds. The second kappa shape index (κ2) is 7.00. The summed E-state index contributed by atoms with van der Waals surface area (Å²) in [6, 6.07) is 14.3. The molecule has 5 nitrogen and oxygen atoms in total. The van der Waals surface area contributed by atoms with Crippen molar-refractivity contribution in [2.24, 2.45) is 0 Å². The molecule has 2 aromatic carbocycles. The Morgan fingerprint density at radius 1 is 1.08 bits per heavy atom. The second-order valence-corrected chi connectivity index (χ2v) is 6.90. The molecule has 26 heavy (non-hydrogen) atoms. The van der Waals surface area contributed by atoms with Gasteiger partial charge in [0.1, 0.15) is 18.8 Å². The first-order chi connectivity index (χ1) is 12.6. The van der Waals surface area contributed by atoms with E-state index < -0.39 is 0 Å². The van der Waals surface area contributed by atoms with Crippen LogP contribution in [0.5, 0.6) is 11.5 Å². The Hall–Kier alpha value is -2.53. The molecule has 1 aliphatic heterocycles. The summed E-state index contributed by atoms with van der Waals surface area (Å²) in [6.07, 6.45) is 1.77. The molecule has 1 fully saturated rings.